The van der Waals surface area contributed by atoms with Crippen LogP contribution < -0.4 is 5.32 Å². The van der Waals surface area contributed by atoms with Crippen molar-refractivity contribution in [1.29, 1.82) is 0 Å². The van der Waals surface area contributed by atoms with Gasteiger partial charge in [-0.25, -0.2) is 0 Å². The lowest BCUT2D eigenvalue weighted by molar-refractivity contribution is -0.402. The van der Waals surface area contributed by atoms with Crippen LogP contribution in [0.15, 0.2) is 16.5 Å². The molecule has 1 aromatic rings. The molecule has 0 aliphatic carbocycles. The van der Waals surface area contributed by atoms with E-state index >= 15 is 0 Å². The minimum atomic E-state index is -0.674. The number of hydrogen-bond acceptors (Lipinski definition) is 6. The fraction of sp³-hybridized carbons (Fsp3) is 0.667. The van der Waals surface area contributed by atoms with Gasteiger partial charge in [-0.15, -0.1) is 12.4 Å². The summed E-state index contributed by atoms with van der Waals surface area (Å²) in [5.74, 6) is 0.260. The van der Waals surface area contributed by atoms with E-state index in [4.69, 9.17) is 4.42 Å². The number of likely N-dealkylation sites (tertiary alicyclic amines) is 2. The van der Waals surface area contributed by atoms with Gasteiger partial charge in [-0.3, -0.25) is 19.7 Å². The number of rotatable bonds is 3. The first kappa shape index (κ1) is 20.6. The first-order chi connectivity index (χ1) is 13.0. The van der Waals surface area contributed by atoms with Crippen LogP contribution in [0.2, 0.25) is 0 Å². The largest absolute Gasteiger partial charge is 0.433 e. The van der Waals surface area contributed by atoms with E-state index in [0.29, 0.717) is 24.8 Å². The van der Waals surface area contributed by atoms with Crippen LogP contribution in [0, 0.1) is 22.0 Å². The van der Waals surface area contributed by atoms with Crippen LogP contribution >= 0.6 is 12.4 Å². The highest BCUT2D eigenvalue weighted by molar-refractivity contribution is 5.96. The molecule has 2 amide bonds. The second-order valence-corrected chi connectivity index (χ2v) is 7.63. The van der Waals surface area contributed by atoms with Crippen molar-refractivity contribution in [2.75, 3.05) is 32.7 Å². The molecule has 9 nitrogen and oxygen atoms in total. The third-order valence-electron chi connectivity index (χ3n) is 6.11. The third kappa shape index (κ3) is 3.86. The summed E-state index contributed by atoms with van der Waals surface area (Å²) in [4.78, 5) is 39.4. The highest BCUT2D eigenvalue weighted by Gasteiger charge is 2.40. The number of carbonyl (C=O) groups excluding carboxylic acids is 2. The first-order valence-corrected chi connectivity index (χ1v) is 9.59. The van der Waals surface area contributed by atoms with E-state index in [1.54, 1.807) is 0 Å². The van der Waals surface area contributed by atoms with Crippen molar-refractivity contribution >= 4 is 30.1 Å². The molecule has 1 aromatic heterocycles. The Morgan fingerprint density at radius 2 is 1.79 bits per heavy atom. The lowest BCUT2D eigenvalue weighted by atomic mass is 9.92. The Morgan fingerprint density at radius 3 is 2.39 bits per heavy atom. The highest BCUT2D eigenvalue weighted by Crippen LogP contribution is 2.29. The zero-order valence-electron chi connectivity index (χ0n) is 15.5. The maximum atomic E-state index is 13.1. The molecule has 0 spiro atoms. The summed E-state index contributed by atoms with van der Waals surface area (Å²) >= 11 is 0. The van der Waals surface area contributed by atoms with Gasteiger partial charge in [-0.2, -0.15) is 0 Å². The summed E-state index contributed by atoms with van der Waals surface area (Å²) in [6.07, 6.45) is 3.36. The average Bonchev–Trinajstić information content (AvgIpc) is 3.39. The Labute approximate surface area is 169 Å². The summed E-state index contributed by atoms with van der Waals surface area (Å²) < 4.78 is 5.04. The van der Waals surface area contributed by atoms with E-state index < -0.39 is 22.8 Å². The second-order valence-electron chi connectivity index (χ2n) is 7.63. The van der Waals surface area contributed by atoms with Crippen molar-refractivity contribution in [2.45, 2.75) is 31.7 Å². The fourth-order valence-corrected chi connectivity index (χ4v) is 4.60. The quantitative estimate of drug-likeness (QED) is 0.597. The smallest absolute Gasteiger partial charge is 0.395 e. The van der Waals surface area contributed by atoms with Gasteiger partial charge in [0.1, 0.15) is 11.0 Å². The molecule has 28 heavy (non-hydrogen) atoms. The standard InChI is InChI=1S/C18H24N4O5.ClH/c23-17(20-8-5-12-10-19-11-13(12)6-9-20)14-2-1-7-21(14)18(24)15-3-4-16(27-15)22(25)26;/h3-4,12-14,19H,1-2,5-11H2;1H/t12-,13+,14?;. The van der Waals surface area contributed by atoms with Gasteiger partial charge in [0, 0.05) is 19.6 Å². The molecular weight excluding hydrogens is 388 g/mol. The van der Waals surface area contributed by atoms with Crippen molar-refractivity contribution in [3.63, 3.8) is 0 Å². The Hall–Kier alpha value is -2.13. The van der Waals surface area contributed by atoms with Crippen molar-refractivity contribution < 1.29 is 18.9 Å². The molecule has 0 saturated carbocycles. The van der Waals surface area contributed by atoms with E-state index in [-0.39, 0.29) is 24.1 Å². The van der Waals surface area contributed by atoms with Crippen LogP contribution in [0.3, 0.4) is 0 Å². The van der Waals surface area contributed by atoms with Gasteiger partial charge in [0.15, 0.2) is 5.76 Å². The maximum Gasteiger partial charge on any atom is 0.433 e. The molecular formula is C18H25ClN4O5. The molecule has 3 atom stereocenters. The molecule has 3 aliphatic rings. The number of furan rings is 1. The minimum absolute atomic E-state index is 0. The lowest BCUT2D eigenvalue weighted by Gasteiger charge is -2.29. The van der Waals surface area contributed by atoms with Gasteiger partial charge in [0.25, 0.3) is 5.91 Å². The van der Waals surface area contributed by atoms with Gasteiger partial charge in [0.2, 0.25) is 5.91 Å². The zero-order chi connectivity index (χ0) is 19.0. The van der Waals surface area contributed by atoms with Crippen LogP contribution in [-0.2, 0) is 4.79 Å². The number of halogens is 1. The number of fused-ring (bicyclic) bond motifs is 1. The first-order valence-electron chi connectivity index (χ1n) is 9.59. The number of nitrogens with one attached hydrogen (secondary N) is 1. The number of nitrogens with zero attached hydrogens (tertiary/aromatic N) is 3. The van der Waals surface area contributed by atoms with Crippen molar-refractivity contribution in [3.8, 4) is 0 Å². The normalized spacial score (nSPS) is 27.1. The molecule has 10 heteroatoms. The number of carbonyl (C=O) groups is 2. The molecule has 3 saturated heterocycles. The maximum absolute atomic E-state index is 13.1. The molecule has 4 rings (SSSR count). The number of hydrogen-bond donors (Lipinski definition) is 1. The molecule has 0 aromatic carbocycles. The predicted molar refractivity (Wildman–Crippen MR) is 102 cm³/mol. The summed E-state index contributed by atoms with van der Waals surface area (Å²) in [7, 11) is 0. The average molecular weight is 413 g/mol. The van der Waals surface area contributed by atoms with Crippen LogP contribution in [0.4, 0.5) is 5.88 Å². The van der Waals surface area contributed by atoms with Crippen molar-refractivity contribution in [3.05, 3.63) is 28.0 Å². The summed E-state index contributed by atoms with van der Waals surface area (Å²) in [6, 6.07) is 1.97. The van der Waals surface area contributed by atoms with Gasteiger partial charge in [-0.05, 0) is 56.7 Å². The van der Waals surface area contributed by atoms with E-state index in [0.717, 1.165) is 45.4 Å². The minimum Gasteiger partial charge on any atom is -0.395 e. The molecule has 0 radical (unpaired) electrons. The second kappa shape index (κ2) is 8.48. The lowest BCUT2D eigenvalue weighted by Crippen LogP contribution is -2.48. The van der Waals surface area contributed by atoms with Crippen LogP contribution in [0.5, 0.6) is 0 Å². The molecule has 3 fully saturated rings. The fourth-order valence-electron chi connectivity index (χ4n) is 4.60. The Kier molecular flexibility index (Phi) is 6.24. The summed E-state index contributed by atoms with van der Waals surface area (Å²) in [5, 5.41) is 14.2. The monoisotopic (exact) mass is 412 g/mol. The summed E-state index contributed by atoms with van der Waals surface area (Å²) in [6.45, 7) is 3.97. The molecule has 1 unspecified atom stereocenters. The summed E-state index contributed by atoms with van der Waals surface area (Å²) in [5.41, 5.74) is 0. The van der Waals surface area contributed by atoms with E-state index in [1.165, 1.54) is 17.0 Å². The van der Waals surface area contributed by atoms with E-state index in [2.05, 4.69) is 5.32 Å². The topological polar surface area (TPSA) is 109 Å². The van der Waals surface area contributed by atoms with Gasteiger partial charge < -0.3 is 19.5 Å². The molecule has 154 valence electrons. The van der Waals surface area contributed by atoms with E-state index in [9.17, 15) is 19.7 Å². The van der Waals surface area contributed by atoms with Crippen LogP contribution in [0.1, 0.15) is 36.2 Å². The Balaban J connectivity index is 0.00000225. The molecule has 1 N–H and O–H groups in total. The Morgan fingerprint density at radius 1 is 1.11 bits per heavy atom. The molecule has 4 heterocycles. The van der Waals surface area contributed by atoms with Gasteiger partial charge in [0.05, 0.1) is 6.07 Å². The third-order valence-corrected chi connectivity index (χ3v) is 6.11. The van der Waals surface area contributed by atoms with Crippen molar-refractivity contribution in [1.82, 2.24) is 15.1 Å². The zero-order valence-corrected chi connectivity index (χ0v) is 16.4. The van der Waals surface area contributed by atoms with Crippen LogP contribution in [-0.4, -0.2) is 65.3 Å². The van der Waals surface area contributed by atoms with Crippen LogP contribution in [0.25, 0.3) is 0 Å². The van der Waals surface area contributed by atoms with Gasteiger partial charge >= 0.3 is 5.88 Å². The van der Waals surface area contributed by atoms with Crippen molar-refractivity contribution in [2.24, 2.45) is 11.8 Å². The predicted octanol–water partition coefficient (Wildman–Crippen LogP) is 1.67. The van der Waals surface area contributed by atoms with Gasteiger partial charge in [-0.1, -0.05) is 0 Å². The number of amides is 2. The number of nitro groups is 1. The Bertz CT molecular complexity index is 740. The SMILES string of the molecule is Cl.O=C(C1CCCN1C(=O)c1ccc([N+](=O)[O-])o1)N1CC[C@@H]2CNC[C@@H]2CC1. The van der Waals surface area contributed by atoms with E-state index in [1.807, 2.05) is 4.90 Å². The highest BCUT2D eigenvalue weighted by atomic mass is 35.5. The molecule has 0 bridgehead atoms. The molecule has 3 aliphatic heterocycles.